The van der Waals surface area contributed by atoms with Gasteiger partial charge in [0.15, 0.2) is 5.65 Å². The molecule has 0 atom stereocenters. The molecule has 1 aliphatic heterocycles. The first-order valence-electron chi connectivity index (χ1n) is 10.4. The van der Waals surface area contributed by atoms with Crippen LogP contribution in [0.1, 0.15) is 25.0 Å². The van der Waals surface area contributed by atoms with Crippen LogP contribution in [0, 0.1) is 24.4 Å². The summed E-state index contributed by atoms with van der Waals surface area (Å²) in [6.07, 6.45) is 10.0. The standard InChI is InChI=1S/C14H8F3N3O.C5H10O.C4H6N2/c1-7-11(17)14(21)20-5-4-18-12(13(20)19-7)9-3-2-8(15)6-10(9)16;1-2-4-6-5-3-1;1-6-4-2-3-5-6/h2-6H,1H3;1-5H2;2-4H,1H3. The molecule has 4 aromatic rings. The molecule has 0 unspecified atom stereocenters. The third-order valence-electron chi connectivity index (χ3n) is 4.76. The number of benzene rings is 1. The van der Waals surface area contributed by atoms with Gasteiger partial charge in [-0.15, -0.1) is 0 Å². The van der Waals surface area contributed by atoms with Gasteiger partial charge in [0.05, 0.1) is 5.69 Å². The maximum atomic E-state index is 13.9. The van der Waals surface area contributed by atoms with E-state index >= 15 is 0 Å². The van der Waals surface area contributed by atoms with Crippen LogP contribution in [-0.2, 0) is 11.8 Å². The van der Waals surface area contributed by atoms with Crippen molar-refractivity contribution >= 4 is 5.65 Å². The molecule has 0 radical (unpaired) electrons. The van der Waals surface area contributed by atoms with Crippen LogP contribution >= 0.6 is 0 Å². The summed E-state index contributed by atoms with van der Waals surface area (Å²) in [6, 6.07) is 4.85. The fourth-order valence-corrected chi connectivity index (χ4v) is 3.06. The normalized spacial score (nSPS) is 13.0. The summed E-state index contributed by atoms with van der Waals surface area (Å²) < 4.78 is 48.2. The van der Waals surface area contributed by atoms with Crippen LogP contribution < -0.4 is 5.56 Å². The second-order valence-electron chi connectivity index (χ2n) is 7.26. The molecule has 1 aromatic carbocycles. The predicted molar refractivity (Wildman–Crippen MR) is 117 cm³/mol. The lowest BCUT2D eigenvalue weighted by atomic mass is 10.1. The molecule has 0 saturated carbocycles. The first-order valence-corrected chi connectivity index (χ1v) is 10.4. The summed E-state index contributed by atoms with van der Waals surface area (Å²) >= 11 is 0. The van der Waals surface area contributed by atoms with Gasteiger partial charge < -0.3 is 4.74 Å². The van der Waals surface area contributed by atoms with E-state index in [1.807, 2.05) is 19.3 Å². The molecule has 5 rings (SSSR count). The Labute approximate surface area is 188 Å². The number of halogens is 3. The molecule has 0 amide bonds. The monoisotopic (exact) mass is 459 g/mol. The van der Waals surface area contributed by atoms with Crippen molar-refractivity contribution in [2.24, 2.45) is 7.05 Å². The number of ether oxygens (including phenoxy) is 1. The number of nitrogens with zero attached hydrogens (tertiary/aromatic N) is 5. The van der Waals surface area contributed by atoms with E-state index < -0.39 is 23.0 Å². The highest BCUT2D eigenvalue weighted by atomic mass is 19.1. The van der Waals surface area contributed by atoms with E-state index in [4.69, 9.17) is 4.74 Å². The van der Waals surface area contributed by atoms with E-state index in [1.165, 1.54) is 44.6 Å². The number of aromatic nitrogens is 5. The zero-order chi connectivity index (χ0) is 23.8. The van der Waals surface area contributed by atoms with Crippen LogP contribution in [0.25, 0.3) is 16.9 Å². The molecule has 10 heteroatoms. The Morgan fingerprint density at radius 1 is 1.03 bits per heavy atom. The van der Waals surface area contributed by atoms with Gasteiger partial charge in [-0.3, -0.25) is 18.9 Å². The van der Waals surface area contributed by atoms with Crippen LogP contribution in [0.15, 0.2) is 53.8 Å². The third-order valence-corrected chi connectivity index (χ3v) is 4.76. The van der Waals surface area contributed by atoms with Gasteiger partial charge in [0.25, 0.3) is 5.56 Å². The molecule has 7 nitrogen and oxygen atoms in total. The fraction of sp³-hybridized carbons (Fsp3) is 0.304. The fourth-order valence-electron chi connectivity index (χ4n) is 3.06. The Morgan fingerprint density at radius 3 is 2.30 bits per heavy atom. The first-order chi connectivity index (χ1) is 15.9. The number of hydrogen-bond acceptors (Lipinski definition) is 5. The van der Waals surface area contributed by atoms with Crippen LogP contribution in [0.2, 0.25) is 0 Å². The Balaban J connectivity index is 0.000000207. The number of rotatable bonds is 1. The summed E-state index contributed by atoms with van der Waals surface area (Å²) in [7, 11) is 1.89. The summed E-state index contributed by atoms with van der Waals surface area (Å²) in [5, 5.41) is 3.83. The lowest BCUT2D eigenvalue weighted by Gasteiger charge is -2.08. The van der Waals surface area contributed by atoms with Crippen molar-refractivity contribution in [2.75, 3.05) is 13.2 Å². The Kier molecular flexibility index (Phi) is 8.31. The summed E-state index contributed by atoms with van der Waals surface area (Å²) in [6.45, 7) is 3.33. The van der Waals surface area contributed by atoms with Crippen molar-refractivity contribution < 1.29 is 17.9 Å². The SMILES string of the molecule is C1CCOCC1.Cc1nc2c(-c3ccc(F)cc3F)nccn2c(=O)c1F.Cn1cccn1. The molecule has 0 N–H and O–H groups in total. The van der Waals surface area contributed by atoms with Gasteiger partial charge in [0.2, 0.25) is 5.82 Å². The van der Waals surface area contributed by atoms with E-state index in [9.17, 15) is 18.0 Å². The van der Waals surface area contributed by atoms with Gasteiger partial charge in [0.1, 0.15) is 17.3 Å². The lowest BCUT2D eigenvalue weighted by molar-refractivity contribution is 0.0968. The van der Waals surface area contributed by atoms with E-state index in [0.717, 1.165) is 23.7 Å². The summed E-state index contributed by atoms with van der Waals surface area (Å²) in [5.41, 5.74) is -0.991. The van der Waals surface area contributed by atoms with Crippen molar-refractivity contribution in [1.82, 2.24) is 24.1 Å². The minimum atomic E-state index is -0.982. The molecule has 1 saturated heterocycles. The van der Waals surface area contributed by atoms with Crippen LogP contribution in [0.5, 0.6) is 0 Å². The Morgan fingerprint density at radius 2 is 1.79 bits per heavy atom. The maximum Gasteiger partial charge on any atom is 0.294 e. The third kappa shape index (κ3) is 6.26. The molecule has 1 fully saturated rings. The highest BCUT2D eigenvalue weighted by Crippen LogP contribution is 2.24. The lowest BCUT2D eigenvalue weighted by Crippen LogP contribution is -2.21. The molecule has 0 spiro atoms. The minimum Gasteiger partial charge on any atom is -0.381 e. The average Bonchev–Trinajstić information content (AvgIpc) is 3.30. The van der Waals surface area contributed by atoms with Crippen LogP contribution in [0.3, 0.4) is 0 Å². The molecule has 0 bridgehead atoms. The van der Waals surface area contributed by atoms with Gasteiger partial charge in [0, 0.05) is 56.7 Å². The largest absolute Gasteiger partial charge is 0.381 e. The second kappa shape index (κ2) is 11.4. The van der Waals surface area contributed by atoms with Crippen LogP contribution in [-0.4, -0.2) is 37.4 Å². The number of fused-ring (bicyclic) bond motifs is 1. The van der Waals surface area contributed by atoms with Crippen molar-refractivity contribution in [3.8, 4) is 11.3 Å². The van der Waals surface area contributed by atoms with Gasteiger partial charge in [-0.25, -0.2) is 13.8 Å². The first kappa shape index (κ1) is 24.1. The quantitative estimate of drug-likeness (QED) is 0.429. The molecular weight excluding hydrogens is 435 g/mol. The van der Waals surface area contributed by atoms with Gasteiger partial charge >= 0.3 is 0 Å². The van der Waals surface area contributed by atoms with Gasteiger partial charge in [-0.2, -0.15) is 9.49 Å². The average molecular weight is 459 g/mol. The molecule has 4 heterocycles. The van der Waals surface area contributed by atoms with Crippen LogP contribution in [0.4, 0.5) is 13.2 Å². The molecular formula is C23H24F3N5O2. The highest BCUT2D eigenvalue weighted by molar-refractivity contribution is 5.73. The van der Waals surface area contributed by atoms with E-state index in [1.54, 1.807) is 10.9 Å². The summed E-state index contributed by atoms with van der Waals surface area (Å²) in [4.78, 5) is 19.8. The van der Waals surface area contributed by atoms with E-state index in [-0.39, 0.29) is 22.6 Å². The van der Waals surface area contributed by atoms with E-state index in [0.29, 0.717) is 6.07 Å². The highest BCUT2D eigenvalue weighted by Gasteiger charge is 2.16. The number of hydrogen-bond donors (Lipinski definition) is 0. The molecule has 33 heavy (non-hydrogen) atoms. The molecule has 0 aliphatic carbocycles. The summed E-state index contributed by atoms with van der Waals surface area (Å²) in [5.74, 6) is -2.56. The Hall–Kier alpha value is -3.53. The predicted octanol–water partition coefficient (Wildman–Crippen LogP) is 4.09. The van der Waals surface area contributed by atoms with Gasteiger partial charge in [-0.05, 0) is 44.4 Å². The topological polar surface area (TPSA) is 74.3 Å². The zero-order valence-corrected chi connectivity index (χ0v) is 18.3. The van der Waals surface area contributed by atoms with E-state index in [2.05, 4.69) is 15.1 Å². The molecule has 1 aliphatic rings. The minimum absolute atomic E-state index is 0.00640. The molecule has 3 aromatic heterocycles. The van der Waals surface area contributed by atoms with Crippen molar-refractivity contribution in [3.63, 3.8) is 0 Å². The number of aryl methyl sites for hydroxylation is 2. The van der Waals surface area contributed by atoms with Crippen molar-refractivity contribution in [3.05, 3.63) is 82.6 Å². The Bertz CT molecular complexity index is 1240. The van der Waals surface area contributed by atoms with Crippen molar-refractivity contribution in [2.45, 2.75) is 26.2 Å². The second-order valence-corrected chi connectivity index (χ2v) is 7.26. The molecule has 174 valence electrons. The maximum absolute atomic E-state index is 13.9. The zero-order valence-electron chi connectivity index (χ0n) is 18.3. The van der Waals surface area contributed by atoms with Gasteiger partial charge in [-0.1, -0.05) is 0 Å². The van der Waals surface area contributed by atoms with Crippen molar-refractivity contribution in [1.29, 1.82) is 0 Å². The smallest absolute Gasteiger partial charge is 0.294 e.